The van der Waals surface area contributed by atoms with E-state index in [1.165, 1.54) is 36.9 Å². The molecule has 44 heavy (non-hydrogen) atoms. The topological polar surface area (TPSA) is 159 Å². The van der Waals surface area contributed by atoms with Crippen LogP contribution in [0.2, 0.25) is 0 Å². The average Bonchev–Trinajstić information content (AvgIpc) is 3.60. The molecule has 0 radical (unpaired) electrons. The molecule has 6 rings (SSSR count). The van der Waals surface area contributed by atoms with Gasteiger partial charge in [0.05, 0.1) is 34.2 Å². The molecular weight excluding hydrogens is 590 g/mol. The third-order valence-electron chi connectivity index (χ3n) is 6.99. The highest BCUT2D eigenvalue weighted by molar-refractivity contribution is 7.90. The SMILES string of the molecule is CC(C)C(=O)Nc1cncc(-c2cnc3n[nH]c(-c4nc5c(-c6cc(F)cc(CCS(C)(=O)=O)c6)nccc5[nH]4)c3c2F)c1. The number of benzene rings is 1. The summed E-state index contributed by atoms with van der Waals surface area (Å²) in [6, 6.07) is 7.56. The molecule has 0 aliphatic heterocycles. The fourth-order valence-electron chi connectivity index (χ4n) is 4.77. The van der Waals surface area contributed by atoms with E-state index >= 15 is 4.39 Å². The Hall–Kier alpha value is -5.11. The van der Waals surface area contributed by atoms with Gasteiger partial charge in [-0.1, -0.05) is 13.8 Å². The van der Waals surface area contributed by atoms with E-state index < -0.39 is 21.5 Å². The molecule has 11 nitrogen and oxygen atoms in total. The molecule has 6 aromatic rings. The summed E-state index contributed by atoms with van der Waals surface area (Å²) in [5.74, 6) is -1.47. The highest BCUT2D eigenvalue weighted by Crippen LogP contribution is 2.34. The van der Waals surface area contributed by atoms with Crippen LogP contribution in [0.25, 0.3) is 56.0 Å². The smallest absolute Gasteiger partial charge is 0.226 e. The third-order valence-corrected chi connectivity index (χ3v) is 7.94. The van der Waals surface area contributed by atoms with E-state index in [1.54, 1.807) is 32.0 Å². The van der Waals surface area contributed by atoms with Crippen LogP contribution >= 0.6 is 0 Å². The van der Waals surface area contributed by atoms with Crippen molar-refractivity contribution in [2.45, 2.75) is 20.3 Å². The lowest BCUT2D eigenvalue weighted by Gasteiger charge is -2.09. The number of carbonyl (C=O) groups excluding carboxylic acids is 1. The van der Waals surface area contributed by atoms with Gasteiger partial charge in [-0.2, -0.15) is 5.10 Å². The van der Waals surface area contributed by atoms with Gasteiger partial charge in [0, 0.05) is 47.5 Å². The van der Waals surface area contributed by atoms with Crippen molar-refractivity contribution in [2.24, 2.45) is 5.92 Å². The number of anilines is 1. The number of aryl methyl sites for hydroxylation is 1. The molecule has 0 bridgehead atoms. The quantitative estimate of drug-likeness (QED) is 0.213. The Bertz CT molecular complexity index is 2180. The van der Waals surface area contributed by atoms with Crippen molar-refractivity contribution in [2.75, 3.05) is 17.3 Å². The van der Waals surface area contributed by atoms with Crippen LogP contribution in [-0.2, 0) is 21.1 Å². The summed E-state index contributed by atoms with van der Waals surface area (Å²) in [6.45, 7) is 3.53. The zero-order chi connectivity index (χ0) is 31.2. The van der Waals surface area contributed by atoms with Crippen LogP contribution in [0.3, 0.4) is 0 Å². The normalized spacial score (nSPS) is 12.0. The Morgan fingerprint density at radius 2 is 1.86 bits per heavy atom. The minimum atomic E-state index is -3.24. The van der Waals surface area contributed by atoms with Gasteiger partial charge in [-0.3, -0.25) is 19.9 Å². The molecule has 224 valence electrons. The number of rotatable bonds is 8. The summed E-state index contributed by atoms with van der Waals surface area (Å²) in [7, 11) is -3.24. The number of pyridine rings is 3. The first-order valence-corrected chi connectivity index (χ1v) is 15.6. The predicted octanol–water partition coefficient (Wildman–Crippen LogP) is 5.09. The molecule has 0 fully saturated rings. The number of aromatic amines is 2. The first-order valence-electron chi connectivity index (χ1n) is 13.6. The number of H-pyrrole nitrogens is 2. The molecule has 5 heterocycles. The second-order valence-corrected chi connectivity index (χ2v) is 13.0. The maximum absolute atomic E-state index is 16.1. The van der Waals surface area contributed by atoms with E-state index in [2.05, 4.69) is 40.4 Å². The van der Waals surface area contributed by atoms with Gasteiger partial charge < -0.3 is 10.3 Å². The molecule has 14 heteroatoms. The lowest BCUT2D eigenvalue weighted by atomic mass is 10.0. The van der Waals surface area contributed by atoms with E-state index in [4.69, 9.17) is 0 Å². The van der Waals surface area contributed by atoms with Gasteiger partial charge in [-0.25, -0.2) is 27.2 Å². The number of nitrogens with one attached hydrogen (secondary N) is 3. The third kappa shape index (κ3) is 5.75. The molecule has 1 amide bonds. The molecule has 1 aromatic carbocycles. The molecule has 0 atom stereocenters. The summed E-state index contributed by atoms with van der Waals surface area (Å²) in [4.78, 5) is 32.9. The van der Waals surface area contributed by atoms with Crippen molar-refractivity contribution in [3.05, 3.63) is 72.3 Å². The van der Waals surface area contributed by atoms with Crippen molar-refractivity contribution in [1.82, 2.24) is 35.1 Å². The molecule has 0 saturated carbocycles. The minimum Gasteiger partial charge on any atom is -0.337 e. The van der Waals surface area contributed by atoms with E-state index in [0.717, 1.165) is 6.26 Å². The van der Waals surface area contributed by atoms with E-state index in [0.29, 0.717) is 39.1 Å². The van der Waals surface area contributed by atoms with Crippen molar-refractivity contribution < 1.29 is 22.0 Å². The number of fused-ring (bicyclic) bond motifs is 2. The monoisotopic (exact) mass is 616 g/mol. The molecule has 0 saturated heterocycles. The summed E-state index contributed by atoms with van der Waals surface area (Å²) >= 11 is 0. The first kappa shape index (κ1) is 29.0. The number of halogens is 2. The zero-order valence-electron chi connectivity index (χ0n) is 23.8. The van der Waals surface area contributed by atoms with Crippen molar-refractivity contribution in [1.29, 1.82) is 0 Å². The number of sulfone groups is 1. The van der Waals surface area contributed by atoms with Crippen molar-refractivity contribution >= 4 is 43.5 Å². The Labute approximate surface area is 250 Å². The lowest BCUT2D eigenvalue weighted by Crippen LogP contribution is -2.17. The van der Waals surface area contributed by atoms with Gasteiger partial charge in [0.2, 0.25) is 5.91 Å². The molecule has 0 aliphatic rings. The molecule has 0 spiro atoms. The van der Waals surface area contributed by atoms with Crippen molar-refractivity contribution in [3.63, 3.8) is 0 Å². The summed E-state index contributed by atoms with van der Waals surface area (Å²) in [6.07, 6.45) is 7.10. The summed E-state index contributed by atoms with van der Waals surface area (Å²) < 4.78 is 54.0. The largest absolute Gasteiger partial charge is 0.337 e. The maximum Gasteiger partial charge on any atom is 0.226 e. The maximum atomic E-state index is 16.1. The number of nitrogens with zero attached hydrogens (tertiary/aromatic N) is 5. The number of amides is 1. The van der Waals surface area contributed by atoms with Gasteiger partial charge in [0.25, 0.3) is 0 Å². The van der Waals surface area contributed by atoms with Gasteiger partial charge >= 0.3 is 0 Å². The molecule has 3 N–H and O–H groups in total. The first-order chi connectivity index (χ1) is 21.0. The van der Waals surface area contributed by atoms with Gasteiger partial charge in [0.1, 0.15) is 32.7 Å². The number of hydrogen-bond donors (Lipinski definition) is 3. The zero-order valence-corrected chi connectivity index (χ0v) is 24.6. The average molecular weight is 617 g/mol. The standard InChI is InChI=1S/C30H26F2N8O3S/c1-15(2)30(41)36-20-11-18(12-33-13-20)21-14-35-28-23(24(21)32)27(39-40-28)29-37-22-4-6-34-25(26(22)38-29)17-8-16(9-19(31)10-17)5-7-44(3,42)43/h4,6,8-15H,5,7H2,1-3H3,(H,36,41)(H,37,38)(H,35,39,40). The Morgan fingerprint density at radius 3 is 2.64 bits per heavy atom. The number of imidazole rings is 1. The molecule has 0 aliphatic carbocycles. The van der Waals surface area contributed by atoms with Crippen LogP contribution in [0.15, 0.2) is 55.1 Å². The van der Waals surface area contributed by atoms with Crippen LogP contribution < -0.4 is 5.32 Å². The molecule has 5 aromatic heterocycles. The number of carbonyl (C=O) groups is 1. The van der Waals surface area contributed by atoms with E-state index in [1.807, 2.05) is 0 Å². The minimum absolute atomic E-state index is 0.0847. The van der Waals surface area contributed by atoms with Gasteiger partial charge in [-0.05, 0) is 42.3 Å². The Balaban J connectivity index is 1.41. The fraction of sp³-hybridized carbons (Fsp3) is 0.200. The summed E-state index contributed by atoms with van der Waals surface area (Å²) in [5, 5.41) is 9.82. The van der Waals surface area contributed by atoms with Crippen molar-refractivity contribution in [3.8, 4) is 33.9 Å². The lowest BCUT2D eigenvalue weighted by molar-refractivity contribution is -0.118. The van der Waals surface area contributed by atoms with Gasteiger partial charge in [-0.15, -0.1) is 0 Å². The van der Waals surface area contributed by atoms with Crippen LogP contribution in [0.4, 0.5) is 14.5 Å². The molecular formula is C30H26F2N8O3S. The highest BCUT2D eigenvalue weighted by atomic mass is 32.2. The van der Waals surface area contributed by atoms with E-state index in [-0.39, 0.29) is 52.1 Å². The van der Waals surface area contributed by atoms with Crippen LogP contribution in [0.1, 0.15) is 19.4 Å². The van der Waals surface area contributed by atoms with Crippen LogP contribution in [0.5, 0.6) is 0 Å². The summed E-state index contributed by atoms with van der Waals surface area (Å²) in [5.41, 5.74) is 3.55. The Morgan fingerprint density at radius 1 is 1.05 bits per heavy atom. The van der Waals surface area contributed by atoms with E-state index in [9.17, 15) is 17.6 Å². The van der Waals surface area contributed by atoms with Crippen LogP contribution in [-0.4, -0.2) is 61.5 Å². The Kier molecular flexibility index (Phi) is 7.37. The highest BCUT2D eigenvalue weighted by Gasteiger charge is 2.22. The van der Waals surface area contributed by atoms with Crippen LogP contribution in [0, 0.1) is 17.6 Å². The molecule has 0 unspecified atom stereocenters. The predicted molar refractivity (Wildman–Crippen MR) is 162 cm³/mol. The number of aromatic nitrogens is 7. The second-order valence-electron chi connectivity index (χ2n) is 10.8. The second kappa shape index (κ2) is 11.2. The number of hydrogen-bond acceptors (Lipinski definition) is 8. The fourth-order valence-corrected chi connectivity index (χ4v) is 5.37. The van der Waals surface area contributed by atoms with Gasteiger partial charge in [0.15, 0.2) is 11.5 Å².